The number of ether oxygens (including phenoxy) is 1. The Bertz CT molecular complexity index is 1500. The number of nitrogens with zero attached hydrogens (tertiary/aromatic N) is 5. The van der Waals surface area contributed by atoms with Crippen molar-refractivity contribution in [2.75, 3.05) is 38.1 Å². The zero-order valence-electron chi connectivity index (χ0n) is 21.7. The van der Waals surface area contributed by atoms with Gasteiger partial charge in [0.25, 0.3) is 0 Å². The summed E-state index contributed by atoms with van der Waals surface area (Å²) in [6.07, 6.45) is 6.15. The second-order valence-electron chi connectivity index (χ2n) is 10.2. The zero-order chi connectivity index (χ0) is 27.1. The summed E-state index contributed by atoms with van der Waals surface area (Å²) in [5.41, 5.74) is 2.87. The molecule has 0 aliphatic carbocycles. The summed E-state index contributed by atoms with van der Waals surface area (Å²) in [5, 5.41) is 12.5. The Balaban J connectivity index is 1.19. The molecule has 0 saturated carbocycles. The number of hydrogen-bond donors (Lipinski definition) is 2. The van der Waals surface area contributed by atoms with Crippen molar-refractivity contribution in [2.45, 2.75) is 31.4 Å². The van der Waals surface area contributed by atoms with Gasteiger partial charge in [-0.25, -0.2) is 4.98 Å². The van der Waals surface area contributed by atoms with Gasteiger partial charge in [0.1, 0.15) is 28.9 Å². The molecule has 1 aromatic carbocycles. The van der Waals surface area contributed by atoms with E-state index in [-0.39, 0.29) is 12.0 Å². The monoisotopic (exact) mass is 565 g/mol. The SMILES string of the molecule is C[C@@H](Oc1ccc2[nH]nc(-c3ccc(N4CCC5(CC4)C(=O)NCCN5C)nc3)c2c1)c1c(Cl)cncc1Cl. The fourth-order valence-corrected chi connectivity index (χ4v) is 6.35. The summed E-state index contributed by atoms with van der Waals surface area (Å²) in [6, 6.07) is 9.84. The minimum atomic E-state index is -0.409. The van der Waals surface area contributed by atoms with Crippen LogP contribution in [0.4, 0.5) is 5.82 Å². The quantitative estimate of drug-likeness (QED) is 0.356. The molecule has 4 aromatic rings. The Morgan fingerprint density at radius 1 is 1.05 bits per heavy atom. The van der Waals surface area contributed by atoms with Gasteiger partial charge in [-0.1, -0.05) is 23.2 Å². The Kier molecular flexibility index (Phi) is 6.82. The molecule has 2 saturated heterocycles. The first kappa shape index (κ1) is 25.9. The van der Waals surface area contributed by atoms with Gasteiger partial charge in [0.2, 0.25) is 5.91 Å². The van der Waals surface area contributed by atoms with Crippen LogP contribution in [0.3, 0.4) is 0 Å². The number of H-pyrrole nitrogens is 1. The van der Waals surface area contributed by atoms with E-state index >= 15 is 0 Å². The predicted molar refractivity (Wildman–Crippen MR) is 152 cm³/mol. The van der Waals surface area contributed by atoms with Crippen LogP contribution in [0.5, 0.6) is 5.75 Å². The molecular weight excluding hydrogens is 537 g/mol. The van der Waals surface area contributed by atoms with Crippen molar-refractivity contribution in [2.24, 2.45) is 0 Å². The van der Waals surface area contributed by atoms with Crippen molar-refractivity contribution in [3.05, 3.63) is 64.5 Å². The van der Waals surface area contributed by atoms with E-state index in [1.54, 1.807) is 12.4 Å². The van der Waals surface area contributed by atoms with Crippen molar-refractivity contribution < 1.29 is 9.53 Å². The molecule has 2 aliphatic heterocycles. The van der Waals surface area contributed by atoms with E-state index in [0.29, 0.717) is 27.9 Å². The number of carbonyl (C=O) groups is 1. The Morgan fingerprint density at radius 2 is 1.82 bits per heavy atom. The van der Waals surface area contributed by atoms with Crippen LogP contribution in [-0.2, 0) is 4.79 Å². The highest BCUT2D eigenvalue weighted by Crippen LogP contribution is 2.36. The third-order valence-corrected chi connectivity index (χ3v) is 8.57. The number of aromatic nitrogens is 4. The molecule has 11 heteroatoms. The number of anilines is 1. The Hall–Kier alpha value is -3.40. The summed E-state index contributed by atoms with van der Waals surface area (Å²) in [5.74, 6) is 1.72. The maximum absolute atomic E-state index is 12.7. The highest BCUT2D eigenvalue weighted by Gasteiger charge is 2.46. The van der Waals surface area contributed by atoms with Gasteiger partial charge in [0.05, 0.1) is 15.6 Å². The standard InChI is InChI=1S/C28H29Cl2N7O2/c1-17(25-21(29)15-31-16-22(25)30)39-19-4-5-23-20(13-19)26(35-34-23)18-3-6-24(33-14-18)37-10-7-28(8-11-37)27(38)32-9-12-36(28)2/h3-6,13-17H,7-12H2,1-2H3,(H,32,38)(H,34,35)/t17-/m1/s1. The number of pyridine rings is 2. The lowest BCUT2D eigenvalue weighted by molar-refractivity contribution is -0.137. The van der Waals surface area contributed by atoms with Crippen LogP contribution in [0.15, 0.2) is 48.9 Å². The zero-order valence-corrected chi connectivity index (χ0v) is 23.3. The summed E-state index contributed by atoms with van der Waals surface area (Å²) in [4.78, 5) is 25.9. The molecule has 202 valence electrons. The van der Waals surface area contributed by atoms with Gasteiger partial charge in [-0.3, -0.25) is 19.8 Å². The molecule has 2 fully saturated rings. The van der Waals surface area contributed by atoms with Crippen molar-refractivity contribution in [1.29, 1.82) is 0 Å². The lowest BCUT2D eigenvalue weighted by atomic mass is 9.83. The summed E-state index contributed by atoms with van der Waals surface area (Å²) < 4.78 is 6.20. The van der Waals surface area contributed by atoms with Crippen LogP contribution >= 0.6 is 23.2 Å². The largest absolute Gasteiger partial charge is 0.486 e. The molecule has 1 atom stereocenters. The smallest absolute Gasteiger partial charge is 0.240 e. The van der Waals surface area contributed by atoms with Crippen molar-refractivity contribution in [1.82, 2.24) is 30.4 Å². The highest BCUT2D eigenvalue weighted by molar-refractivity contribution is 6.35. The van der Waals surface area contributed by atoms with E-state index in [2.05, 4.69) is 37.3 Å². The molecule has 39 heavy (non-hydrogen) atoms. The number of amides is 1. The third-order valence-electron chi connectivity index (χ3n) is 7.97. The fraction of sp³-hybridized carbons (Fsp3) is 0.357. The number of benzene rings is 1. The van der Waals surface area contributed by atoms with Gasteiger partial charge in [-0.2, -0.15) is 5.10 Å². The Morgan fingerprint density at radius 3 is 2.51 bits per heavy atom. The van der Waals surface area contributed by atoms with Crippen molar-refractivity contribution in [3.8, 4) is 17.0 Å². The molecule has 2 N–H and O–H groups in total. The van der Waals surface area contributed by atoms with Crippen molar-refractivity contribution >= 4 is 45.8 Å². The number of hydrogen-bond acceptors (Lipinski definition) is 7. The first-order chi connectivity index (χ1) is 18.9. The lowest BCUT2D eigenvalue weighted by Crippen LogP contribution is -2.66. The lowest BCUT2D eigenvalue weighted by Gasteiger charge is -2.48. The number of rotatable bonds is 5. The number of piperazine rings is 1. The number of piperidine rings is 1. The van der Waals surface area contributed by atoms with Gasteiger partial charge in [-0.15, -0.1) is 0 Å². The van der Waals surface area contributed by atoms with Crippen LogP contribution in [0, 0.1) is 0 Å². The summed E-state index contributed by atoms with van der Waals surface area (Å²) >= 11 is 12.6. The van der Waals surface area contributed by atoms with Crippen molar-refractivity contribution in [3.63, 3.8) is 0 Å². The number of likely N-dealkylation sites (N-methyl/N-ethyl adjacent to an activating group) is 1. The molecular formula is C28H29Cl2N7O2. The van der Waals surface area contributed by atoms with E-state index in [9.17, 15) is 4.79 Å². The number of carbonyl (C=O) groups excluding carboxylic acids is 1. The molecule has 1 spiro atoms. The molecule has 0 radical (unpaired) electrons. The second kappa shape index (κ2) is 10.3. The summed E-state index contributed by atoms with van der Waals surface area (Å²) in [6.45, 7) is 5.05. The molecule has 3 aromatic heterocycles. The number of fused-ring (bicyclic) bond motifs is 1. The first-order valence-electron chi connectivity index (χ1n) is 13.0. The molecule has 2 aliphatic rings. The van der Waals surface area contributed by atoms with Gasteiger partial charge in [-0.05, 0) is 57.1 Å². The maximum Gasteiger partial charge on any atom is 0.240 e. The molecule has 5 heterocycles. The molecule has 1 amide bonds. The second-order valence-corrected chi connectivity index (χ2v) is 11.0. The van der Waals surface area contributed by atoms with E-state index in [1.165, 1.54) is 0 Å². The number of nitrogens with one attached hydrogen (secondary N) is 2. The third kappa shape index (κ3) is 4.68. The van der Waals surface area contributed by atoms with Crippen LogP contribution in [0.2, 0.25) is 10.0 Å². The average Bonchev–Trinajstić information content (AvgIpc) is 3.35. The molecule has 0 bridgehead atoms. The van der Waals surface area contributed by atoms with Gasteiger partial charge < -0.3 is 15.0 Å². The van der Waals surface area contributed by atoms with Crippen LogP contribution < -0.4 is 15.0 Å². The normalized spacial score (nSPS) is 18.4. The number of halogens is 2. The van der Waals surface area contributed by atoms with Crippen LogP contribution in [0.25, 0.3) is 22.2 Å². The average molecular weight is 566 g/mol. The van der Waals surface area contributed by atoms with Gasteiger partial charge in [0.15, 0.2) is 0 Å². The predicted octanol–water partition coefficient (Wildman–Crippen LogP) is 4.87. The molecule has 0 unspecified atom stereocenters. The van der Waals surface area contributed by atoms with E-state index in [0.717, 1.165) is 60.5 Å². The Labute approximate surface area is 236 Å². The van der Waals surface area contributed by atoms with Crippen LogP contribution in [0.1, 0.15) is 31.4 Å². The first-order valence-corrected chi connectivity index (χ1v) is 13.8. The molecule has 9 nitrogen and oxygen atoms in total. The topological polar surface area (TPSA) is 99.3 Å². The maximum atomic E-state index is 12.7. The van der Waals surface area contributed by atoms with E-state index < -0.39 is 5.54 Å². The van der Waals surface area contributed by atoms with Crippen LogP contribution in [-0.4, -0.2) is 69.7 Å². The number of aromatic amines is 1. The fourth-order valence-electron chi connectivity index (χ4n) is 5.68. The minimum absolute atomic E-state index is 0.148. The molecule has 6 rings (SSSR count). The van der Waals surface area contributed by atoms with Gasteiger partial charge in [0, 0.05) is 61.3 Å². The van der Waals surface area contributed by atoms with Gasteiger partial charge >= 0.3 is 0 Å². The van der Waals surface area contributed by atoms with E-state index in [1.807, 2.05) is 43.5 Å². The van der Waals surface area contributed by atoms with E-state index in [4.69, 9.17) is 32.9 Å². The highest BCUT2D eigenvalue weighted by atomic mass is 35.5. The minimum Gasteiger partial charge on any atom is -0.486 e. The summed E-state index contributed by atoms with van der Waals surface area (Å²) in [7, 11) is 2.05.